The molecule has 3 rings (SSSR count). The number of carbonyl (C=O) groups excluding carboxylic acids is 1. The van der Waals surface area contributed by atoms with Crippen LogP contribution < -0.4 is 19.1 Å². The van der Waals surface area contributed by atoms with Gasteiger partial charge < -0.3 is 14.8 Å². The van der Waals surface area contributed by atoms with Gasteiger partial charge in [-0.05, 0) is 30.5 Å². The fraction of sp³-hybridized carbons (Fsp3) is 0.261. The van der Waals surface area contributed by atoms with Crippen LogP contribution in [-0.4, -0.2) is 41.6 Å². The first-order valence-corrected chi connectivity index (χ1v) is 11.2. The van der Waals surface area contributed by atoms with E-state index in [1.165, 1.54) is 20.3 Å². The Bertz CT molecular complexity index is 1120. The van der Waals surface area contributed by atoms with Gasteiger partial charge in [-0.2, -0.15) is 0 Å². The van der Waals surface area contributed by atoms with Crippen LogP contribution in [0.1, 0.15) is 18.1 Å². The number of ether oxygens (including phenoxy) is 2. The fourth-order valence-corrected chi connectivity index (χ4v) is 5.31. The largest absolute Gasteiger partial charge is 0.493 e. The van der Waals surface area contributed by atoms with Crippen LogP contribution in [-0.2, 0) is 21.2 Å². The predicted octanol–water partition coefficient (Wildman–Crippen LogP) is 3.13. The molecule has 0 bridgehead atoms. The second kappa shape index (κ2) is 9.26. The SMILES string of the molecule is C=CCN1c2cc(OC)c(OC)cc2C(C)=C(C(=O)NCCc2ccccc2)S1(=O)=O. The third-order valence-electron chi connectivity index (χ3n) is 5.11. The van der Waals surface area contributed by atoms with Crippen molar-refractivity contribution in [2.45, 2.75) is 13.3 Å². The number of sulfonamides is 1. The molecular formula is C23H26N2O5S. The first-order valence-electron chi connectivity index (χ1n) is 9.78. The Hall–Kier alpha value is -3.26. The van der Waals surface area contributed by atoms with Crippen LogP contribution in [0, 0.1) is 0 Å². The van der Waals surface area contributed by atoms with Gasteiger partial charge in [-0.3, -0.25) is 9.10 Å². The molecule has 1 N–H and O–H groups in total. The third kappa shape index (κ3) is 4.29. The number of rotatable bonds is 8. The third-order valence-corrected chi connectivity index (χ3v) is 7.04. The summed E-state index contributed by atoms with van der Waals surface area (Å²) in [5.74, 6) is 0.208. The molecule has 0 spiro atoms. The lowest BCUT2D eigenvalue weighted by atomic mass is 10.0. The second-order valence-electron chi connectivity index (χ2n) is 6.99. The van der Waals surface area contributed by atoms with E-state index in [1.54, 1.807) is 19.1 Å². The number of allylic oxidation sites excluding steroid dienone is 1. The van der Waals surface area contributed by atoms with Gasteiger partial charge in [0, 0.05) is 18.2 Å². The molecule has 0 unspecified atom stereocenters. The Balaban J connectivity index is 2.01. The van der Waals surface area contributed by atoms with Gasteiger partial charge in [0.2, 0.25) is 0 Å². The van der Waals surface area contributed by atoms with Gasteiger partial charge in [0.25, 0.3) is 15.9 Å². The van der Waals surface area contributed by atoms with Gasteiger partial charge in [-0.15, -0.1) is 6.58 Å². The van der Waals surface area contributed by atoms with E-state index < -0.39 is 15.9 Å². The van der Waals surface area contributed by atoms with E-state index in [-0.39, 0.29) is 11.4 Å². The van der Waals surface area contributed by atoms with E-state index in [4.69, 9.17) is 9.47 Å². The zero-order valence-corrected chi connectivity index (χ0v) is 18.7. The van der Waals surface area contributed by atoms with Crippen LogP contribution >= 0.6 is 0 Å². The average molecular weight is 443 g/mol. The first-order chi connectivity index (χ1) is 14.8. The van der Waals surface area contributed by atoms with Crippen molar-refractivity contribution in [3.8, 4) is 11.5 Å². The summed E-state index contributed by atoms with van der Waals surface area (Å²) in [7, 11) is -1.11. The number of carbonyl (C=O) groups is 1. The minimum absolute atomic E-state index is 0.0128. The maximum atomic E-state index is 13.4. The summed E-state index contributed by atoms with van der Waals surface area (Å²) in [4.78, 5) is 12.7. The first kappa shape index (κ1) is 22.4. The van der Waals surface area contributed by atoms with E-state index in [0.29, 0.717) is 41.3 Å². The zero-order valence-electron chi connectivity index (χ0n) is 17.8. The topological polar surface area (TPSA) is 84.9 Å². The zero-order chi connectivity index (χ0) is 22.6. The molecule has 1 aliphatic heterocycles. The molecule has 164 valence electrons. The highest BCUT2D eigenvalue weighted by Gasteiger charge is 2.39. The van der Waals surface area contributed by atoms with Gasteiger partial charge in [-0.25, -0.2) is 8.42 Å². The van der Waals surface area contributed by atoms with Gasteiger partial charge in [0.15, 0.2) is 16.4 Å². The number of nitrogens with one attached hydrogen (secondary N) is 1. The van der Waals surface area contributed by atoms with Crippen LogP contribution in [0.3, 0.4) is 0 Å². The predicted molar refractivity (Wildman–Crippen MR) is 122 cm³/mol. The van der Waals surface area contributed by atoms with E-state index in [9.17, 15) is 13.2 Å². The van der Waals surface area contributed by atoms with E-state index >= 15 is 0 Å². The number of anilines is 1. The summed E-state index contributed by atoms with van der Waals surface area (Å²) >= 11 is 0. The van der Waals surface area contributed by atoms with Crippen molar-refractivity contribution in [3.05, 3.63) is 71.2 Å². The molecular weight excluding hydrogens is 416 g/mol. The van der Waals surface area contributed by atoms with Crippen molar-refractivity contribution in [1.82, 2.24) is 5.32 Å². The Kier molecular flexibility index (Phi) is 6.70. The molecule has 8 heteroatoms. The van der Waals surface area contributed by atoms with Gasteiger partial charge in [0.05, 0.1) is 26.5 Å². The molecule has 7 nitrogen and oxygen atoms in total. The van der Waals surface area contributed by atoms with Crippen molar-refractivity contribution in [3.63, 3.8) is 0 Å². The molecule has 0 fully saturated rings. The molecule has 1 heterocycles. The molecule has 0 aromatic heterocycles. The molecule has 0 aliphatic carbocycles. The summed E-state index contributed by atoms with van der Waals surface area (Å²) < 4.78 is 38.7. The lowest BCUT2D eigenvalue weighted by Gasteiger charge is -2.32. The normalized spacial score (nSPS) is 14.6. The summed E-state index contributed by atoms with van der Waals surface area (Å²) in [5.41, 5.74) is 2.40. The van der Waals surface area contributed by atoms with E-state index in [2.05, 4.69) is 11.9 Å². The minimum atomic E-state index is -4.09. The van der Waals surface area contributed by atoms with Gasteiger partial charge in [-0.1, -0.05) is 36.4 Å². The number of nitrogens with zero attached hydrogens (tertiary/aromatic N) is 1. The molecule has 1 aliphatic rings. The highest BCUT2D eigenvalue weighted by Crippen LogP contribution is 2.44. The maximum absolute atomic E-state index is 13.4. The lowest BCUT2D eigenvalue weighted by Crippen LogP contribution is -2.41. The van der Waals surface area contributed by atoms with Crippen molar-refractivity contribution in [2.24, 2.45) is 0 Å². The number of hydrogen-bond acceptors (Lipinski definition) is 5. The lowest BCUT2D eigenvalue weighted by molar-refractivity contribution is -0.116. The van der Waals surface area contributed by atoms with Crippen LogP contribution in [0.15, 0.2) is 60.0 Å². The number of hydrogen-bond donors (Lipinski definition) is 1. The van der Waals surface area contributed by atoms with Gasteiger partial charge in [0.1, 0.15) is 0 Å². The second-order valence-corrected chi connectivity index (χ2v) is 8.79. The number of fused-ring (bicyclic) bond motifs is 1. The molecule has 0 saturated heterocycles. The Morgan fingerprint density at radius 2 is 1.77 bits per heavy atom. The molecule has 0 radical (unpaired) electrons. The maximum Gasteiger partial charge on any atom is 0.270 e. The molecule has 0 saturated carbocycles. The Morgan fingerprint density at radius 3 is 2.39 bits per heavy atom. The fourth-order valence-electron chi connectivity index (χ4n) is 3.58. The number of methoxy groups -OCH3 is 2. The van der Waals surface area contributed by atoms with Crippen LogP contribution in [0.5, 0.6) is 11.5 Å². The Morgan fingerprint density at radius 1 is 1.13 bits per heavy atom. The number of benzene rings is 2. The average Bonchev–Trinajstić information content (AvgIpc) is 2.76. The smallest absolute Gasteiger partial charge is 0.270 e. The summed E-state index contributed by atoms with van der Waals surface area (Å²) in [6.45, 7) is 5.62. The van der Waals surface area contributed by atoms with Gasteiger partial charge >= 0.3 is 0 Å². The van der Waals surface area contributed by atoms with E-state index in [1.807, 2.05) is 30.3 Å². The van der Waals surface area contributed by atoms with Crippen molar-refractivity contribution in [2.75, 3.05) is 31.6 Å². The highest BCUT2D eigenvalue weighted by atomic mass is 32.2. The molecule has 31 heavy (non-hydrogen) atoms. The van der Waals surface area contributed by atoms with Crippen LogP contribution in [0.25, 0.3) is 5.57 Å². The summed E-state index contributed by atoms with van der Waals surface area (Å²) in [6.07, 6.45) is 2.07. The van der Waals surface area contributed by atoms with Crippen molar-refractivity contribution >= 4 is 27.2 Å². The standard InChI is InChI=1S/C23H26N2O5S/c1-5-13-25-19-15-21(30-4)20(29-3)14-18(19)16(2)22(31(25,27)28)23(26)24-12-11-17-9-7-6-8-10-17/h5-10,14-15H,1,11-13H2,2-4H3,(H,24,26). The van der Waals surface area contributed by atoms with Crippen molar-refractivity contribution < 1.29 is 22.7 Å². The highest BCUT2D eigenvalue weighted by molar-refractivity contribution is 7.97. The monoisotopic (exact) mass is 442 g/mol. The molecule has 1 amide bonds. The minimum Gasteiger partial charge on any atom is -0.493 e. The Labute approximate surface area is 183 Å². The van der Waals surface area contributed by atoms with Crippen molar-refractivity contribution in [1.29, 1.82) is 0 Å². The van der Waals surface area contributed by atoms with E-state index in [0.717, 1.165) is 9.87 Å². The van der Waals surface area contributed by atoms with Crippen LogP contribution in [0.4, 0.5) is 5.69 Å². The molecule has 2 aromatic rings. The number of amides is 1. The quantitative estimate of drug-likeness (QED) is 0.635. The summed E-state index contributed by atoms with van der Waals surface area (Å²) in [5, 5.41) is 2.75. The van der Waals surface area contributed by atoms with Crippen LogP contribution in [0.2, 0.25) is 0 Å². The molecule has 0 atom stereocenters. The summed E-state index contributed by atoms with van der Waals surface area (Å²) in [6, 6.07) is 12.9. The molecule has 2 aromatic carbocycles.